The van der Waals surface area contributed by atoms with E-state index < -0.39 is 5.63 Å². The van der Waals surface area contributed by atoms with E-state index >= 15 is 0 Å². The second kappa shape index (κ2) is 3.50. The zero-order chi connectivity index (χ0) is 12.0. The summed E-state index contributed by atoms with van der Waals surface area (Å²) in [5.74, 6) is -0.0269. The molecule has 2 aromatic carbocycles. The van der Waals surface area contributed by atoms with Crippen LogP contribution in [0.1, 0.15) is 0 Å². The van der Waals surface area contributed by atoms with Crippen LogP contribution in [-0.4, -0.2) is 5.11 Å². The predicted molar refractivity (Wildman–Crippen MR) is 66.7 cm³/mol. The maximum atomic E-state index is 11.7. The van der Waals surface area contributed by atoms with Crippen LogP contribution in [0.15, 0.2) is 45.6 Å². The van der Waals surface area contributed by atoms with E-state index in [1.165, 1.54) is 12.1 Å². The summed E-state index contributed by atoms with van der Waals surface area (Å²) < 4.78 is 5.14. The van der Waals surface area contributed by atoms with E-state index in [0.717, 1.165) is 5.39 Å². The van der Waals surface area contributed by atoms with Crippen LogP contribution in [-0.2, 0) is 0 Å². The molecule has 1 heterocycles. The van der Waals surface area contributed by atoms with Crippen LogP contribution in [0.4, 0.5) is 0 Å². The molecule has 17 heavy (non-hydrogen) atoms. The van der Waals surface area contributed by atoms with Crippen molar-refractivity contribution in [2.45, 2.75) is 0 Å². The minimum atomic E-state index is -0.435. The van der Waals surface area contributed by atoms with Crippen molar-refractivity contribution in [3.8, 4) is 5.75 Å². The van der Waals surface area contributed by atoms with Gasteiger partial charge in [-0.2, -0.15) is 0 Å². The van der Waals surface area contributed by atoms with Crippen molar-refractivity contribution in [3.05, 3.63) is 51.8 Å². The van der Waals surface area contributed by atoms with Crippen LogP contribution >= 0.6 is 11.6 Å². The van der Waals surface area contributed by atoms with Crippen molar-refractivity contribution >= 4 is 33.3 Å². The van der Waals surface area contributed by atoms with E-state index in [2.05, 4.69) is 0 Å². The molecule has 3 nitrogen and oxygen atoms in total. The number of benzene rings is 2. The highest BCUT2D eigenvalue weighted by atomic mass is 35.5. The molecule has 0 aliphatic carbocycles. The van der Waals surface area contributed by atoms with Gasteiger partial charge >= 0.3 is 5.63 Å². The van der Waals surface area contributed by atoms with Crippen molar-refractivity contribution < 1.29 is 9.52 Å². The molecule has 0 spiro atoms. The van der Waals surface area contributed by atoms with Crippen molar-refractivity contribution in [3.63, 3.8) is 0 Å². The lowest BCUT2D eigenvalue weighted by Crippen LogP contribution is -1.99. The van der Waals surface area contributed by atoms with Crippen LogP contribution in [0.3, 0.4) is 0 Å². The smallest absolute Gasteiger partial charge is 0.344 e. The van der Waals surface area contributed by atoms with Gasteiger partial charge in [-0.05, 0) is 12.1 Å². The van der Waals surface area contributed by atoms with Gasteiger partial charge in [-0.1, -0.05) is 29.8 Å². The molecule has 0 bridgehead atoms. The standard InChI is InChI=1S/C13H7ClO3/c14-10-5-7(15)6-11-12(10)8-3-1-2-4-9(8)13(16)17-11/h1-6,15H. The Balaban J connectivity index is 2.69. The highest BCUT2D eigenvalue weighted by molar-refractivity contribution is 6.37. The van der Waals surface area contributed by atoms with Gasteiger partial charge in [0.2, 0.25) is 0 Å². The van der Waals surface area contributed by atoms with E-state index in [-0.39, 0.29) is 5.75 Å². The minimum Gasteiger partial charge on any atom is -0.508 e. The molecule has 0 unspecified atom stereocenters. The van der Waals surface area contributed by atoms with Gasteiger partial charge < -0.3 is 9.52 Å². The molecule has 0 aliphatic heterocycles. The lowest BCUT2D eigenvalue weighted by molar-refractivity contribution is 0.473. The zero-order valence-electron chi connectivity index (χ0n) is 8.61. The van der Waals surface area contributed by atoms with Crippen molar-refractivity contribution in [2.75, 3.05) is 0 Å². The van der Waals surface area contributed by atoms with Crippen molar-refractivity contribution in [1.29, 1.82) is 0 Å². The molecular formula is C13H7ClO3. The second-order valence-corrected chi connectivity index (χ2v) is 4.14. The van der Waals surface area contributed by atoms with E-state index in [1.54, 1.807) is 18.2 Å². The molecule has 0 atom stereocenters. The molecule has 84 valence electrons. The molecule has 0 fully saturated rings. The third-order valence-electron chi connectivity index (χ3n) is 2.66. The Kier molecular flexibility index (Phi) is 2.09. The number of hydrogen-bond acceptors (Lipinski definition) is 3. The fourth-order valence-electron chi connectivity index (χ4n) is 1.94. The van der Waals surface area contributed by atoms with Gasteiger partial charge in [0, 0.05) is 16.8 Å². The summed E-state index contributed by atoms with van der Waals surface area (Å²) in [6, 6.07) is 9.89. The Hall–Kier alpha value is -2.00. The predicted octanol–water partition coefficient (Wildman–Crippen LogP) is 3.31. The highest BCUT2D eigenvalue weighted by Gasteiger charge is 2.10. The Morgan fingerprint density at radius 3 is 2.59 bits per heavy atom. The first-order valence-corrected chi connectivity index (χ1v) is 5.38. The van der Waals surface area contributed by atoms with Crippen molar-refractivity contribution in [1.82, 2.24) is 0 Å². The SMILES string of the molecule is O=c1oc2cc(O)cc(Cl)c2c2ccccc12. The normalized spacial score (nSPS) is 11.1. The van der Waals surface area contributed by atoms with Gasteiger partial charge in [-0.15, -0.1) is 0 Å². The number of phenolic OH excluding ortho intramolecular Hbond substituents is 1. The Bertz CT molecular complexity index is 790. The lowest BCUT2D eigenvalue weighted by Gasteiger charge is -2.04. The summed E-state index contributed by atoms with van der Waals surface area (Å²) in [5, 5.41) is 11.6. The Morgan fingerprint density at radius 1 is 1.12 bits per heavy atom. The molecule has 0 saturated heterocycles. The van der Waals surface area contributed by atoms with Crippen LogP contribution < -0.4 is 5.63 Å². The molecule has 3 aromatic rings. The van der Waals surface area contributed by atoms with Crippen LogP contribution in [0, 0.1) is 0 Å². The average Bonchev–Trinajstić information content (AvgIpc) is 2.28. The molecule has 3 rings (SSSR count). The fourth-order valence-corrected chi connectivity index (χ4v) is 2.25. The van der Waals surface area contributed by atoms with Gasteiger partial charge in [0.25, 0.3) is 0 Å². The number of fused-ring (bicyclic) bond motifs is 3. The molecular weight excluding hydrogens is 240 g/mol. The maximum absolute atomic E-state index is 11.7. The number of hydrogen-bond donors (Lipinski definition) is 1. The third-order valence-corrected chi connectivity index (χ3v) is 2.96. The molecule has 4 heteroatoms. The molecule has 0 aliphatic rings. The fraction of sp³-hybridized carbons (Fsp3) is 0. The topological polar surface area (TPSA) is 50.4 Å². The summed E-state index contributed by atoms with van der Waals surface area (Å²) in [6.07, 6.45) is 0. The number of phenols is 1. The van der Waals surface area contributed by atoms with Crippen LogP contribution in [0.5, 0.6) is 5.75 Å². The first-order chi connectivity index (χ1) is 8.16. The third kappa shape index (κ3) is 1.47. The average molecular weight is 247 g/mol. The minimum absolute atomic E-state index is 0.0269. The molecule has 1 N–H and O–H groups in total. The molecule has 1 aromatic heterocycles. The Morgan fingerprint density at radius 2 is 1.82 bits per heavy atom. The molecule has 0 saturated carbocycles. The molecule has 0 amide bonds. The zero-order valence-corrected chi connectivity index (χ0v) is 9.36. The summed E-state index contributed by atoms with van der Waals surface area (Å²) >= 11 is 6.07. The van der Waals surface area contributed by atoms with E-state index in [1.807, 2.05) is 6.07 Å². The van der Waals surface area contributed by atoms with E-state index in [9.17, 15) is 9.90 Å². The lowest BCUT2D eigenvalue weighted by atomic mass is 10.1. The van der Waals surface area contributed by atoms with E-state index in [4.69, 9.17) is 16.0 Å². The largest absolute Gasteiger partial charge is 0.508 e. The summed E-state index contributed by atoms with van der Waals surface area (Å²) in [6.45, 7) is 0. The van der Waals surface area contributed by atoms with Crippen LogP contribution in [0.25, 0.3) is 21.7 Å². The van der Waals surface area contributed by atoms with Gasteiger partial charge in [0.1, 0.15) is 11.3 Å². The van der Waals surface area contributed by atoms with Crippen LogP contribution in [0.2, 0.25) is 5.02 Å². The van der Waals surface area contributed by atoms with Gasteiger partial charge in [0.05, 0.1) is 10.4 Å². The van der Waals surface area contributed by atoms with E-state index in [0.29, 0.717) is 21.4 Å². The quantitative estimate of drug-likeness (QED) is 0.489. The highest BCUT2D eigenvalue weighted by Crippen LogP contribution is 2.32. The number of rotatable bonds is 0. The summed E-state index contributed by atoms with van der Waals surface area (Å²) in [7, 11) is 0. The van der Waals surface area contributed by atoms with Gasteiger partial charge in [0.15, 0.2) is 0 Å². The first kappa shape index (κ1) is 10.2. The number of aromatic hydroxyl groups is 1. The monoisotopic (exact) mass is 246 g/mol. The number of halogens is 1. The maximum Gasteiger partial charge on any atom is 0.344 e. The van der Waals surface area contributed by atoms with Crippen molar-refractivity contribution in [2.24, 2.45) is 0 Å². The second-order valence-electron chi connectivity index (χ2n) is 3.74. The summed E-state index contributed by atoms with van der Waals surface area (Å²) in [5.41, 5.74) is -0.145. The molecule has 0 radical (unpaired) electrons. The first-order valence-electron chi connectivity index (χ1n) is 5.01. The Labute approximate surface area is 101 Å². The van der Waals surface area contributed by atoms with Gasteiger partial charge in [-0.25, -0.2) is 4.79 Å². The van der Waals surface area contributed by atoms with Gasteiger partial charge in [-0.3, -0.25) is 0 Å². The summed E-state index contributed by atoms with van der Waals surface area (Å²) in [4.78, 5) is 11.7.